The standard InChI is InChI=1S/C8H9ClOS/c1-2-5-10-6-7-3-4-8(9)11-7/h2-5H,6H2,1H3/b5-2+. The van der Waals surface area contributed by atoms with Gasteiger partial charge in [0.25, 0.3) is 0 Å². The summed E-state index contributed by atoms with van der Waals surface area (Å²) in [6.45, 7) is 2.53. The minimum Gasteiger partial charge on any atom is -0.496 e. The van der Waals surface area contributed by atoms with Gasteiger partial charge in [0.1, 0.15) is 6.61 Å². The maximum absolute atomic E-state index is 5.72. The van der Waals surface area contributed by atoms with E-state index in [1.165, 1.54) is 0 Å². The van der Waals surface area contributed by atoms with Gasteiger partial charge in [0.2, 0.25) is 0 Å². The molecule has 1 heterocycles. The number of allylic oxidation sites excluding steroid dienone is 1. The first-order valence-corrected chi connectivity index (χ1v) is 4.49. The van der Waals surface area contributed by atoms with Gasteiger partial charge in [0.15, 0.2) is 0 Å². The number of ether oxygens (including phenoxy) is 1. The van der Waals surface area contributed by atoms with Gasteiger partial charge in [-0.3, -0.25) is 0 Å². The molecule has 0 unspecified atom stereocenters. The van der Waals surface area contributed by atoms with Crippen molar-refractivity contribution in [2.75, 3.05) is 0 Å². The largest absolute Gasteiger partial charge is 0.496 e. The number of rotatable bonds is 3. The molecule has 0 bridgehead atoms. The second kappa shape index (κ2) is 4.42. The van der Waals surface area contributed by atoms with Crippen LogP contribution in [0.5, 0.6) is 0 Å². The molecule has 11 heavy (non-hydrogen) atoms. The molecule has 0 aliphatic rings. The lowest BCUT2D eigenvalue weighted by Crippen LogP contribution is -1.79. The van der Waals surface area contributed by atoms with E-state index in [1.807, 2.05) is 25.1 Å². The lowest BCUT2D eigenvalue weighted by molar-refractivity contribution is 0.239. The molecule has 0 N–H and O–H groups in total. The summed E-state index contributed by atoms with van der Waals surface area (Å²) >= 11 is 7.26. The van der Waals surface area contributed by atoms with Crippen LogP contribution in [0.25, 0.3) is 0 Å². The van der Waals surface area contributed by atoms with E-state index in [4.69, 9.17) is 16.3 Å². The predicted octanol–water partition coefficient (Wildman–Crippen LogP) is 3.45. The lowest BCUT2D eigenvalue weighted by atomic mass is 10.5. The van der Waals surface area contributed by atoms with E-state index in [1.54, 1.807) is 17.6 Å². The first-order valence-electron chi connectivity index (χ1n) is 3.30. The number of hydrogen-bond acceptors (Lipinski definition) is 2. The van der Waals surface area contributed by atoms with Crippen LogP contribution in [0.1, 0.15) is 11.8 Å². The minimum atomic E-state index is 0.613. The fourth-order valence-corrected chi connectivity index (χ4v) is 1.67. The second-order valence-electron chi connectivity index (χ2n) is 1.99. The molecule has 0 atom stereocenters. The van der Waals surface area contributed by atoms with Crippen LogP contribution in [0.2, 0.25) is 4.34 Å². The van der Waals surface area contributed by atoms with Gasteiger partial charge >= 0.3 is 0 Å². The van der Waals surface area contributed by atoms with Crippen molar-refractivity contribution in [2.45, 2.75) is 13.5 Å². The Kier molecular flexibility index (Phi) is 3.46. The monoisotopic (exact) mass is 188 g/mol. The molecule has 1 aromatic rings. The zero-order valence-corrected chi connectivity index (χ0v) is 7.78. The lowest BCUT2D eigenvalue weighted by Gasteiger charge is -1.94. The highest BCUT2D eigenvalue weighted by Gasteiger charge is 1.95. The minimum absolute atomic E-state index is 0.613. The summed E-state index contributed by atoms with van der Waals surface area (Å²) in [4.78, 5) is 1.15. The van der Waals surface area contributed by atoms with Crippen molar-refractivity contribution in [1.82, 2.24) is 0 Å². The Balaban J connectivity index is 2.38. The van der Waals surface area contributed by atoms with Crippen molar-refractivity contribution in [3.8, 4) is 0 Å². The van der Waals surface area contributed by atoms with Crippen molar-refractivity contribution < 1.29 is 4.74 Å². The molecule has 1 rings (SSSR count). The van der Waals surface area contributed by atoms with Crippen LogP contribution in [0.15, 0.2) is 24.5 Å². The molecular formula is C8H9ClOS. The van der Waals surface area contributed by atoms with E-state index in [9.17, 15) is 0 Å². The SMILES string of the molecule is C/C=C/OCc1ccc(Cl)s1. The third kappa shape index (κ3) is 2.95. The Bertz CT molecular complexity index is 242. The van der Waals surface area contributed by atoms with Crippen LogP contribution in [-0.2, 0) is 11.3 Å². The normalized spacial score (nSPS) is 10.7. The molecule has 0 radical (unpaired) electrons. The van der Waals surface area contributed by atoms with Gasteiger partial charge in [-0.15, -0.1) is 11.3 Å². The first-order chi connectivity index (χ1) is 5.33. The van der Waals surface area contributed by atoms with Gasteiger partial charge in [-0.1, -0.05) is 17.7 Å². The fourth-order valence-electron chi connectivity index (χ4n) is 0.656. The molecule has 0 aliphatic carbocycles. The van der Waals surface area contributed by atoms with Gasteiger partial charge in [-0.25, -0.2) is 0 Å². The molecule has 1 nitrogen and oxygen atoms in total. The number of halogens is 1. The Labute approximate surface area is 75.3 Å². The molecule has 0 aliphatic heterocycles. The number of hydrogen-bond donors (Lipinski definition) is 0. The topological polar surface area (TPSA) is 9.23 Å². The van der Waals surface area contributed by atoms with Gasteiger partial charge in [-0.05, 0) is 19.1 Å². The third-order valence-electron chi connectivity index (χ3n) is 1.09. The summed E-state index contributed by atoms with van der Waals surface area (Å²) in [5.41, 5.74) is 0. The second-order valence-corrected chi connectivity index (χ2v) is 3.79. The average molecular weight is 189 g/mol. The third-order valence-corrected chi connectivity index (χ3v) is 2.29. The maximum atomic E-state index is 5.72. The molecule has 0 amide bonds. The molecule has 60 valence electrons. The summed E-state index contributed by atoms with van der Waals surface area (Å²) in [5, 5.41) is 0. The van der Waals surface area contributed by atoms with E-state index in [2.05, 4.69) is 0 Å². The van der Waals surface area contributed by atoms with Crippen molar-refractivity contribution in [3.05, 3.63) is 33.7 Å². The van der Waals surface area contributed by atoms with Crippen LogP contribution in [0.3, 0.4) is 0 Å². The Morgan fingerprint density at radius 3 is 3.00 bits per heavy atom. The molecule has 0 aromatic carbocycles. The average Bonchev–Trinajstić information content (AvgIpc) is 2.37. The van der Waals surface area contributed by atoms with Crippen LogP contribution < -0.4 is 0 Å². The highest BCUT2D eigenvalue weighted by atomic mass is 35.5. The predicted molar refractivity (Wildman–Crippen MR) is 48.9 cm³/mol. The van der Waals surface area contributed by atoms with Gasteiger partial charge in [0.05, 0.1) is 10.6 Å². The first kappa shape index (κ1) is 8.62. The highest BCUT2D eigenvalue weighted by Crippen LogP contribution is 2.21. The van der Waals surface area contributed by atoms with Gasteiger partial charge in [0, 0.05) is 4.88 Å². The van der Waals surface area contributed by atoms with E-state index in [-0.39, 0.29) is 0 Å². The van der Waals surface area contributed by atoms with E-state index in [0.717, 1.165) is 9.21 Å². The zero-order chi connectivity index (χ0) is 8.10. The molecular weight excluding hydrogens is 180 g/mol. The summed E-state index contributed by atoms with van der Waals surface area (Å²) in [7, 11) is 0. The van der Waals surface area contributed by atoms with E-state index in [0.29, 0.717) is 6.61 Å². The molecule has 0 spiro atoms. The number of thiophene rings is 1. The molecule has 0 saturated heterocycles. The Hall–Kier alpha value is -0.470. The summed E-state index contributed by atoms with van der Waals surface area (Å²) in [6, 6.07) is 3.84. The molecule has 3 heteroatoms. The smallest absolute Gasteiger partial charge is 0.122 e. The molecule has 1 aromatic heterocycles. The summed E-state index contributed by atoms with van der Waals surface area (Å²) in [5.74, 6) is 0. The van der Waals surface area contributed by atoms with Gasteiger partial charge < -0.3 is 4.74 Å². The van der Waals surface area contributed by atoms with Crippen LogP contribution in [0, 0.1) is 0 Å². The molecule has 0 fully saturated rings. The highest BCUT2D eigenvalue weighted by molar-refractivity contribution is 7.16. The Morgan fingerprint density at radius 2 is 2.45 bits per heavy atom. The Morgan fingerprint density at radius 1 is 1.64 bits per heavy atom. The summed E-state index contributed by atoms with van der Waals surface area (Å²) < 4.78 is 5.96. The van der Waals surface area contributed by atoms with Crippen molar-refractivity contribution >= 4 is 22.9 Å². The quantitative estimate of drug-likeness (QED) is 0.661. The van der Waals surface area contributed by atoms with Crippen molar-refractivity contribution in [1.29, 1.82) is 0 Å². The zero-order valence-electron chi connectivity index (χ0n) is 6.21. The van der Waals surface area contributed by atoms with Crippen LogP contribution in [-0.4, -0.2) is 0 Å². The summed E-state index contributed by atoms with van der Waals surface area (Å²) in [6.07, 6.45) is 3.53. The fraction of sp³-hybridized carbons (Fsp3) is 0.250. The van der Waals surface area contributed by atoms with E-state index >= 15 is 0 Å². The molecule has 0 saturated carbocycles. The van der Waals surface area contributed by atoms with Gasteiger partial charge in [-0.2, -0.15) is 0 Å². The van der Waals surface area contributed by atoms with Crippen molar-refractivity contribution in [3.63, 3.8) is 0 Å². The van der Waals surface area contributed by atoms with Crippen LogP contribution >= 0.6 is 22.9 Å². The van der Waals surface area contributed by atoms with E-state index < -0.39 is 0 Å². The maximum Gasteiger partial charge on any atom is 0.122 e. The van der Waals surface area contributed by atoms with Crippen molar-refractivity contribution in [2.24, 2.45) is 0 Å². The van der Waals surface area contributed by atoms with Crippen LogP contribution in [0.4, 0.5) is 0 Å².